The minimum absolute atomic E-state index is 0.110. The summed E-state index contributed by atoms with van der Waals surface area (Å²) in [5.41, 5.74) is 1.38. The lowest BCUT2D eigenvalue weighted by Crippen LogP contribution is -2.08. The molecule has 94 valence electrons. The molecule has 0 N–H and O–H groups in total. The molecule has 0 amide bonds. The number of carbonyl (C=O) groups is 1. The maximum atomic E-state index is 11.1. The fraction of sp³-hybridized carbons (Fsp3) is 0.333. The maximum absolute atomic E-state index is 11.1. The summed E-state index contributed by atoms with van der Waals surface area (Å²) >= 11 is 1.52. The van der Waals surface area contributed by atoms with E-state index in [1.54, 1.807) is 12.4 Å². The Balaban J connectivity index is 2.09. The van der Waals surface area contributed by atoms with Crippen LogP contribution in [0.15, 0.2) is 29.6 Å². The highest BCUT2D eigenvalue weighted by Gasteiger charge is 2.11. The van der Waals surface area contributed by atoms with Crippen LogP contribution in [0.5, 0.6) is 0 Å². The number of methoxy groups -OCH3 is 1. The van der Waals surface area contributed by atoms with E-state index in [-0.39, 0.29) is 11.2 Å². The molecule has 18 heavy (non-hydrogen) atoms. The lowest BCUT2D eigenvalue weighted by atomic mass is 10.3. The molecule has 0 bridgehead atoms. The number of hydrogen-bond donors (Lipinski definition) is 0. The second-order valence-electron chi connectivity index (χ2n) is 3.76. The Morgan fingerprint density at radius 3 is 2.94 bits per heavy atom. The monoisotopic (exact) mass is 263 g/mol. The highest BCUT2D eigenvalue weighted by atomic mass is 32.2. The van der Waals surface area contributed by atoms with E-state index >= 15 is 0 Å². The summed E-state index contributed by atoms with van der Waals surface area (Å²) in [6, 6.07) is 3.76. The number of hydrogen-bond acceptors (Lipinski definition) is 6. The van der Waals surface area contributed by atoms with Crippen LogP contribution in [0.1, 0.15) is 13.3 Å². The number of aromatic nitrogens is 3. The van der Waals surface area contributed by atoms with Crippen molar-refractivity contribution in [3.63, 3.8) is 0 Å². The molecule has 5 nitrogen and oxygen atoms in total. The van der Waals surface area contributed by atoms with Crippen LogP contribution in [-0.2, 0) is 9.53 Å². The van der Waals surface area contributed by atoms with Gasteiger partial charge in [0.2, 0.25) is 0 Å². The number of esters is 1. The predicted molar refractivity (Wildman–Crippen MR) is 69.3 cm³/mol. The van der Waals surface area contributed by atoms with Gasteiger partial charge in [0.25, 0.3) is 0 Å². The lowest BCUT2D eigenvalue weighted by Gasteiger charge is -2.08. The molecule has 0 saturated heterocycles. The normalized spacial score (nSPS) is 12.3. The molecule has 2 rings (SSSR count). The second-order valence-corrected chi connectivity index (χ2v) is 5.22. The minimum atomic E-state index is -0.212. The summed E-state index contributed by atoms with van der Waals surface area (Å²) in [6.07, 6.45) is 3.61. The predicted octanol–water partition coefficient (Wildman–Crippen LogP) is 2.07. The molecule has 0 radical (unpaired) electrons. The largest absolute Gasteiger partial charge is 0.469 e. The second kappa shape index (κ2) is 5.77. The van der Waals surface area contributed by atoms with Gasteiger partial charge in [-0.05, 0) is 12.1 Å². The van der Waals surface area contributed by atoms with Gasteiger partial charge in [0.05, 0.1) is 18.6 Å². The molecular weight excluding hydrogens is 250 g/mol. The molecule has 1 atom stereocenters. The van der Waals surface area contributed by atoms with E-state index in [2.05, 4.69) is 19.7 Å². The molecule has 6 heteroatoms. The van der Waals surface area contributed by atoms with Crippen LogP contribution >= 0.6 is 11.8 Å². The zero-order chi connectivity index (χ0) is 13.0. The van der Waals surface area contributed by atoms with Crippen molar-refractivity contribution >= 4 is 28.9 Å². The van der Waals surface area contributed by atoms with Gasteiger partial charge in [0.1, 0.15) is 5.52 Å². The molecule has 0 aliphatic heterocycles. The molecule has 0 fully saturated rings. The number of thioether (sulfide) groups is 1. The van der Waals surface area contributed by atoms with E-state index in [0.29, 0.717) is 12.1 Å². The van der Waals surface area contributed by atoms with Crippen LogP contribution in [0.25, 0.3) is 11.2 Å². The van der Waals surface area contributed by atoms with E-state index in [4.69, 9.17) is 0 Å². The van der Waals surface area contributed by atoms with Gasteiger partial charge in [-0.25, -0.2) is 9.97 Å². The van der Waals surface area contributed by atoms with Crippen LogP contribution in [0.4, 0.5) is 0 Å². The van der Waals surface area contributed by atoms with Crippen molar-refractivity contribution in [3.8, 4) is 0 Å². The van der Waals surface area contributed by atoms with Crippen molar-refractivity contribution in [2.24, 2.45) is 0 Å². The average Bonchev–Trinajstić information content (AvgIpc) is 2.38. The molecule has 1 unspecified atom stereocenters. The van der Waals surface area contributed by atoms with Gasteiger partial charge in [0.15, 0.2) is 5.65 Å². The summed E-state index contributed by atoms with van der Waals surface area (Å²) in [5.74, 6) is -0.212. The standard InChI is InChI=1S/C12H13N3O2S/c1-8(7-11(16)17-2)18-10-4-3-9-12(15-10)14-6-5-13-9/h3-6,8H,7H2,1-2H3. The van der Waals surface area contributed by atoms with E-state index < -0.39 is 0 Å². The third-order valence-corrected chi connectivity index (χ3v) is 3.35. The molecule has 2 aromatic heterocycles. The van der Waals surface area contributed by atoms with E-state index in [0.717, 1.165) is 10.5 Å². The fourth-order valence-corrected chi connectivity index (χ4v) is 2.39. The van der Waals surface area contributed by atoms with E-state index in [1.807, 2.05) is 19.1 Å². The quantitative estimate of drug-likeness (QED) is 0.621. The van der Waals surface area contributed by atoms with Crippen LogP contribution in [0.2, 0.25) is 0 Å². The minimum Gasteiger partial charge on any atom is -0.469 e. The molecule has 2 aromatic rings. The number of rotatable bonds is 4. The van der Waals surface area contributed by atoms with Crippen molar-refractivity contribution in [1.29, 1.82) is 0 Å². The Labute approximate surface area is 109 Å². The Hall–Kier alpha value is -1.69. The summed E-state index contributed by atoms with van der Waals surface area (Å²) in [6.45, 7) is 1.96. The van der Waals surface area contributed by atoms with Crippen molar-refractivity contribution in [3.05, 3.63) is 24.5 Å². The van der Waals surface area contributed by atoms with Gasteiger partial charge in [-0.2, -0.15) is 0 Å². The van der Waals surface area contributed by atoms with Gasteiger partial charge in [-0.3, -0.25) is 9.78 Å². The van der Waals surface area contributed by atoms with Crippen molar-refractivity contribution < 1.29 is 9.53 Å². The van der Waals surface area contributed by atoms with Gasteiger partial charge in [-0.1, -0.05) is 6.92 Å². The molecule has 0 saturated carbocycles. The fourth-order valence-electron chi connectivity index (χ4n) is 1.47. The maximum Gasteiger partial charge on any atom is 0.306 e. The van der Waals surface area contributed by atoms with Crippen molar-refractivity contribution in [2.45, 2.75) is 23.6 Å². The Bertz CT molecular complexity index is 562. The number of ether oxygens (including phenoxy) is 1. The Morgan fingerprint density at radius 2 is 2.17 bits per heavy atom. The van der Waals surface area contributed by atoms with E-state index in [9.17, 15) is 4.79 Å². The van der Waals surface area contributed by atoms with Crippen LogP contribution < -0.4 is 0 Å². The van der Waals surface area contributed by atoms with Crippen molar-refractivity contribution in [1.82, 2.24) is 15.0 Å². The van der Waals surface area contributed by atoms with Gasteiger partial charge >= 0.3 is 5.97 Å². The first-order valence-corrected chi connectivity index (χ1v) is 6.38. The average molecular weight is 263 g/mol. The summed E-state index contributed by atoms with van der Waals surface area (Å²) in [7, 11) is 1.39. The number of nitrogens with zero attached hydrogens (tertiary/aromatic N) is 3. The number of carbonyl (C=O) groups excluding carboxylic acids is 1. The van der Waals surface area contributed by atoms with Gasteiger partial charge in [0, 0.05) is 17.6 Å². The Morgan fingerprint density at radius 1 is 1.39 bits per heavy atom. The third kappa shape index (κ3) is 3.16. The summed E-state index contributed by atoms with van der Waals surface area (Å²) in [5, 5.41) is 0.943. The summed E-state index contributed by atoms with van der Waals surface area (Å²) in [4.78, 5) is 23.8. The van der Waals surface area contributed by atoms with Crippen LogP contribution in [-0.4, -0.2) is 33.3 Å². The summed E-state index contributed by atoms with van der Waals surface area (Å²) < 4.78 is 4.63. The van der Waals surface area contributed by atoms with Gasteiger partial charge in [-0.15, -0.1) is 11.8 Å². The Kier molecular flexibility index (Phi) is 4.09. The molecule has 0 spiro atoms. The molecule has 2 heterocycles. The molecule has 0 aromatic carbocycles. The van der Waals surface area contributed by atoms with Crippen molar-refractivity contribution in [2.75, 3.05) is 7.11 Å². The topological polar surface area (TPSA) is 65.0 Å². The van der Waals surface area contributed by atoms with E-state index in [1.165, 1.54) is 18.9 Å². The molecule has 0 aliphatic rings. The first kappa shape index (κ1) is 12.8. The van der Waals surface area contributed by atoms with Crippen LogP contribution in [0, 0.1) is 0 Å². The molecule has 0 aliphatic carbocycles. The SMILES string of the molecule is COC(=O)CC(C)Sc1ccc2nccnc2n1. The number of pyridine rings is 1. The zero-order valence-corrected chi connectivity index (χ0v) is 11.0. The van der Waals surface area contributed by atoms with Crippen LogP contribution in [0.3, 0.4) is 0 Å². The smallest absolute Gasteiger partial charge is 0.306 e. The lowest BCUT2D eigenvalue weighted by molar-refractivity contribution is -0.140. The zero-order valence-electron chi connectivity index (χ0n) is 10.2. The first-order chi connectivity index (χ1) is 8.69. The highest BCUT2D eigenvalue weighted by molar-refractivity contribution is 7.99. The first-order valence-electron chi connectivity index (χ1n) is 5.50. The highest BCUT2D eigenvalue weighted by Crippen LogP contribution is 2.24. The molecular formula is C12H13N3O2S. The van der Waals surface area contributed by atoms with Gasteiger partial charge < -0.3 is 4.74 Å². The third-order valence-electron chi connectivity index (χ3n) is 2.31. The number of fused-ring (bicyclic) bond motifs is 1.